The highest BCUT2D eigenvalue weighted by atomic mass is 35.5. The number of carbonyl (C=O) groups excluding carboxylic acids is 1. The topological polar surface area (TPSA) is 50.8 Å². The van der Waals surface area contributed by atoms with Crippen LogP contribution in [0.2, 0.25) is 5.02 Å². The third-order valence-corrected chi connectivity index (χ3v) is 4.17. The zero-order valence-electron chi connectivity index (χ0n) is 13.6. The van der Waals surface area contributed by atoms with Crippen molar-refractivity contribution in [2.45, 2.75) is 19.4 Å². The summed E-state index contributed by atoms with van der Waals surface area (Å²) in [5.74, 6) is 1.27. The Kier molecular flexibility index (Phi) is 4.81. The van der Waals surface area contributed by atoms with E-state index in [4.69, 9.17) is 21.1 Å². The predicted octanol–water partition coefficient (Wildman–Crippen LogP) is 4.56. The van der Waals surface area contributed by atoms with Crippen molar-refractivity contribution >= 4 is 29.0 Å². The van der Waals surface area contributed by atoms with Crippen molar-refractivity contribution in [3.63, 3.8) is 0 Å². The summed E-state index contributed by atoms with van der Waals surface area (Å²) in [6, 6.07) is 12.4. The van der Waals surface area contributed by atoms with Gasteiger partial charge < -0.3 is 14.8 Å². The molecule has 0 spiro atoms. The second kappa shape index (κ2) is 7.01. The lowest BCUT2D eigenvalue weighted by atomic mass is 10.1. The number of ether oxygens (including phenoxy) is 2. The zero-order valence-corrected chi connectivity index (χ0v) is 14.3. The number of carbonyl (C=O) groups is 1. The van der Waals surface area contributed by atoms with Crippen molar-refractivity contribution in [2.75, 3.05) is 23.9 Å². The Labute approximate surface area is 146 Å². The van der Waals surface area contributed by atoms with Gasteiger partial charge in [0.25, 0.3) is 0 Å². The van der Waals surface area contributed by atoms with Gasteiger partial charge in [0.15, 0.2) is 0 Å². The number of nitrogens with one attached hydrogen (secondary N) is 1. The Morgan fingerprint density at radius 2 is 2.17 bits per heavy atom. The lowest BCUT2D eigenvalue weighted by molar-refractivity contribution is 0.188. The number of nitrogens with zero attached hydrogens (tertiary/aromatic N) is 1. The standard InChI is InChI=1S/C18H19ClN2O3/c1-3-13-11-21(15-6-4-5-7-17(15)24-13)18(22)20-14-10-12(19)8-9-16(14)23-2/h4-10,13H,3,11H2,1-2H3,(H,20,22)/t13-/m0/s1. The summed E-state index contributed by atoms with van der Waals surface area (Å²) < 4.78 is 11.2. The van der Waals surface area contributed by atoms with Crippen LogP contribution < -0.4 is 19.7 Å². The second-order valence-electron chi connectivity index (χ2n) is 5.50. The number of amides is 2. The van der Waals surface area contributed by atoms with Crippen LogP contribution in [-0.4, -0.2) is 25.8 Å². The van der Waals surface area contributed by atoms with Crippen LogP contribution in [0.4, 0.5) is 16.2 Å². The number of benzene rings is 2. The molecule has 2 aromatic rings. The molecule has 3 rings (SSSR count). The molecule has 0 unspecified atom stereocenters. The van der Waals surface area contributed by atoms with Crippen LogP contribution in [-0.2, 0) is 0 Å². The summed E-state index contributed by atoms with van der Waals surface area (Å²) in [6.07, 6.45) is 0.783. The van der Waals surface area contributed by atoms with Gasteiger partial charge in [0.05, 0.1) is 25.0 Å². The molecule has 126 valence electrons. The number of hydrogen-bond acceptors (Lipinski definition) is 3. The van der Waals surface area contributed by atoms with Crippen LogP contribution in [0.15, 0.2) is 42.5 Å². The second-order valence-corrected chi connectivity index (χ2v) is 5.94. The average molecular weight is 347 g/mol. The molecule has 0 aliphatic carbocycles. The van der Waals surface area contributed by atoms with Crippen molar-refractivity contribution < 1.29 is 14.3 Å². The van der Waals surface area contributed by atoms with Gasteiger partial charge in [-0.05, 0) is 36.8 Å². The Morgan fingerprint density at radius 1 is 1.38 bits per heavy atom. The fraction of sp³-hybridized carbons (Fsp3) is 0.278. The van der Waals surface area contributed by atoms with Gasteiger partial charge in [-0.25, -0.2) is 4.79 Å². The largest absolute Gasteiger partial charge is 0.495 e. The molecule has 0 aromatic heterocycles. The van der Waals surface area contributed by atoms with Crippen molar-refractivity contribution in [3.05, 3.63) is 47.5 Å². The van der Waals surface area contributed by atoms with Gasteiger partial charge in [0.2, 0.25) is 0 Å². The summed E-state index contributed by atoms with van der Waals surface area (Å²) in [5, 5.41) is 3.41. The third-order valence-electron chi connectivity index (χ3n) is 3.94. The van der Waals surface area contributed by atoms with Crippen molar-refractivity contribution in [1.82, 2.24) is 0 Å². The van der Waals surface area contributed by atoms with E-state index >= 15 is 0 Å². The van der Waals surface area contributed by atoms with Crippen LogP contribution in [0.25, 0.3) is 0 Å². The quantitative estimate of drug-likeness (QED) is 0.886. The van der Waals surface area contributed by atoms with Crippen LogP contribution in [0, 0.1) is 0 Å². The van der Waals surface area contributed by atoms with E-state index in [1.807, 2.05) is 31.2 Å². The first-order chi connectivity index (χ1) is 11.6. The molecule has 1 aliphatic rings. The van der Waals surface area contributed by atoms with Crippen LogP contribution in [0.3, 0.4) is 0 Å². The first kappa shape index (κ1) is 16.5. The molecule has 2 aromatic carbocycles. The van der Waals surface area contributed by atoms with Gasteiger partial charge in [0, 0.05) is 5.02 Å². The van der Waals surface area contributed by atoms with Crippen LogP contribution >= 0.6 is 11.6 Å². The molecular formula is C18H19ClN2O3. The van der Waals surface area contributed by atoms with E-state index in [1.165, 1.54) is 0 Å². The fourth-order valence-corrected chi connectivity index (χ4v) is 2.84. The Balaban J connectivity index is 1.88. The molecule has 1 N–H and O–H groups in total. The molecule has 0 fully saturated rings. The summed E-state index contributed by atoms with van der Waals surface area (Å²) in [5.41, 5.74) is 1.28. The van der Waals surface area contributed by atoms with E-state index < -0.39 is 0 Å². The number of urea groups is 1. The molecule has 0 saturated carbocycles. The minimum atomic E-state index is -0.246. The molecule has 1 heterocycles. The summed E-state index contributed by atoms with van der Waals surface area (Å²) >= 11 is 6.03. The monoisotopic (exact) mass is 346 g/mol. The molecule has 24 heavy (non-hydrogen) atoms. The summed E-state index contributed by atoms with van der Waals surface area (Å²) in [6.45, 7) is 2.52. The highest BCUT2D eigenvalue weighted by molar-refractivity contribution is 6.31. The zero-order chi connectivity index (χ0) is 17.1. The van der Waals surface area contributed by atoms with E-state index in [2.05, 4.69) is 5.32 Å². The van der Waals surface area contributed by atoms with Crippen molar-refractivity contribution in [2.24, 2.45) is 0 Å². The number of fused-ring (bicyclic) bond motifs is 1. The molecule has 0 saturated heterocycles. The normalized spacial score (nSPS) is 16.1. The molecular weight excluding hydrogens is 328 g/mol. The highest BCUT2D eigenvalue weighted by Crippen LogP contribution is 2.35. The van der Waals surface area contributed by atoms with Gasteiger partial charge in [-0.1, -0.05) is 30.7 Å². The van der Waals surface area contributed by atoms with Crippen LogP contribution in [0.5, 0.6) is 11.5 Å². The average Bonchev–Trinajstić information content (AvgIpc) is 2.60. The summed E-state index contributed by atoms with van der Waals surface area (Å²) in [7, 11) is 1.55. The number of para-hydroxylation sites is 2. The van der Waals surface area contributed by atoms with E-state index in [-0.39, 0.29) is 12.1 Å². The SMILES string of the molecule is CC[C@H]1CN(C(=O)Nc2cc(Cl)ccc2OC)c2ccccc2O1. The van der Waals surface area contributed by atoms with E-state index in [0.717, 1.165) is 12.1 Å². The maximum Gasteiger partial charge on any atom is 0.326 e. The number of methoxy groups -OCH3 is 1. The molecule has 1 aliphatic heterocycles. The molecule has 0 radical (unpaired) electrons. The fourth-order valence-electron chi connectivity index (χ4n) is 2.66. The summed E-state index contributed by atoms with van der Waals surface area (Å²) in [4.78, 5) is 14.5. The van der Waals surface area contributed by atoms with Gasteiger partial charge >= 0.3 is 6.03 Å². The number of hydrogen-bond donors (Lipinski definition) is 1. The van der Waals surface area contributed by atoms with Crippen LogP contribution in [0.1, 0.15) is 13.3 Å². The smallest absolute Gasteiger partial charge is 0.326 e. The lowest BCUT2D eigenvalue weighted by Crippen LogP contribution is -2.45. The molecule has 6 heteroatoms. The van der Waals surface area contributed by atoms with Crippen molar-refractivity contribution in [1.29, 1.82) is 0 Å². The first-order valence-electron chi connectivity index (χ1n) is 7.80. The minimum Gasteiger partial charge on any atom is -0.495 e. The van der Waals surface area contributed by atoms with Gasteiger partial charge in [-0.2, -0.15) is 0 Å². The van der Waals surface area contributed by atoms with Gasteiger partial charge in [-0.15, -0.1) is 0 Å². The van der Waals surface area contributed by atoms with E-state index in [0.29, 0.717) is 28.8 Å². The molecule has 2 amide bonds. The van der Waals surface area contributed by atoms with E-state index in [9.17, 15) is 4.79 Å². The maximum absolute atomic E-state index is 12.8. The van der Waals surface area contributed by atoms with Gasteiger partial charge in [0.1, 0.15) is 17.6 Å². The predicted molar refractivity (Wildman–Crippen MR) is 95.5 cm³/mol. The minimum absolute atomic E-state index is 0.0353. The number of halogens is 1. The van der Waals surface area contributed by atoms with Crippen molar-refractivity contribution in [3.8, 4) is 11.5 Å². The molecule has 0 bridgehead atoms. The Morgan fingerprint density at radius 3 is 2.92 bits per heavy atom. The number of anilines is 2. The molecule has 5 nitrogen and oxygen atoms in total. The number of rotatable bonds is 3. The third kappa shape index (κ3) is 3.26. The first-order valence-corrected chi connectivity index (χ1v) is 8.18. The lowest BCUT2D eigenvalue weighted by Gasteiger charge is -2.34. The highest BCUT2D eigenvalue weighted by Gasteiger charge is 2.29. The maximum atomic E-state index is 12.8. The van der Waals surface area contributed by atoms with Gasteiger partial charge in [-0.3, -0.25) is 4.90 Å². The Hall–Kier alpha value is -2.40. The molecule has 1 atom stereocenters. The Bertz CT molecular complexity index is 751. The van der Waals surface area contributed by atoms with E-state index in [1.54, 1.807) is 30.2 Å².